The Labute approximate surface area is 157 Å². The number of carbonyl (C=O) groups excluding carboxylic acids is 1. The normalized spacial score (nSPS) is 13.9. The molecule has 0 heterocycles. The van der Waals surface area contributed by atoms with Gasteiger partial charge in [-0.3, -0.25) is 4.79 Å². The highest BCUT2D eigenvalue weighted by atomic mass is 16.6. The van der Waals surface area contributed by atoms with E-state index in [2.05, 4.69) is 36.4 Å². The van der Waals surface area contributed by atoms with Crippen LogP contribution in [0.25, 0.3) is 11.1 Å². The van der Waals surface area contributed by atoms with Crippen molar-refractivity contribution in [3.63, 3.8) is 0 Å². The number of ether oxygens (including phenoxy) is 1. The minimum Gasteiger partial charge on any atom is -0.460 e. The molecular formula is C23H30O3. The van der Waals surface area contributed by atoms with Crippen LogP contribution in [0.1, 0.15) is 39.7 Å². The molecule has 3 heteroatoms. The summed E-state index contributed by atoms with van der Waals surface area (Å²) < 4.78 is 5.44. The smallest absolute Gasteiger partial charge is 0.309 e. The summed E-state index contributed by atoms with van der Waals surface area (Å²) in [5, 5.41) is 9.73. The highest BCUT2D eigenvalue weighted by molar-refractivity contribution is 5.72. The standard InChI is InChI=1S/C23H30O3/c1-17(22(25)26-23(2,3)4)14-19(16-24)15-18-10-12-21(13-11-18)20-8-6-5-7-9-20/h5-13,17,19,24H,14-16H2,1-4H3/t17-,19-/m1/s1. The van der Waals surface area contributed by atoms with Crippen molar-refractivity contribution in [1.82, 2.24) is 0 Å². The van der Waals surface area contributed by atoms with Crippen molar-refractivity contribution in [1.29, 1.82) is 0 Å². The molecule has 0 aliphatic carbocycles. The van der Waals surface area contributed by atoms with Crippen LogP contribution in [0.5, 0.6) is 0 Å². The van der Waals surface area contributed by atoms with E-state index in [0.29, 0.717) is 6.42 Å². The molecule has 2 aromatic rings. The Hall–Kier alpha value is -2.13. The number of aliphatic hydroxyl groups is 1. The third-order valence-corrected chi connectivity index (χ3v) is 4.34. The number of benzene rings is 2. The maximum absolute atomic E-state index is 12.2. The number of esters is 1. The van der Waals surface area contributed by atoms with Gasteiger partial charge in [0.2, 0.25) is 0 Å². The van der Waals surface area contributed by atoms with Crippen molar-refractivity contribution in [2.24, 2.45) is 11.8 Å². The molecule has 26 heavy (non-hydrogen) atoms. The first-order chi connectivity index (χ1) is 12.3. The average Bonchev–Trinajstić information content (AvgIpc) is 2.61. The first-order valence-electron chi connectivity index (χ1n) is 9.26. The first-order valence-corrected chi connectivity index (χ1v) is 9.26. The van der Waals surface area contributed by atoms with Crippen molar-refractivity contribution in [3.8, 4) is 11.1 Å². The van der Waals surface area contributed by atoms with Crippen LogP contribution in [0.15, 0.2) is 54.6 Å². The van der Waals surface area contributed by atoms with Crippen LogP contribution >= 0.6 is 0 Å². The van der Waals surface area contributed by atoms with Gasteiger partial charge in [-0.2, -0.15) is 0 Å². The van der Waals surface area contributed by atoms with Gasteiger partial charge in [-0.1, -0.05) is 61.5 Å². The Morgan fingerprint density at radius 3 is 2.12 bits per heavy atom. The molecule has 0 aliphatic heterocycles. The zero-order chi connectivity index (χ0) is 19.2. The quantitative estimate of drug-likeness (QED) is 0.721. The predicted molar refractivity (Wildman–Crippen MR) is 106 cm³/mol. The van der Waals surface area contributed by atoms with E-state index in [1.807, 2.05) is 45.9 Å². The van der Waals surface area contributed by atoms with Gasteiger partial charge >= 0.3 is 5.97 Å². The average molecular weight is 354 g/mol. The summed E-state index contributed by atoms with van der Waals surface area (Å²) >= 11 is 0. The van der Waals surface area contributed by atoms with E-state index < -0.39 is 5.60 Å². The SMILES string of the molecule is C[C@H](C[C@@H](CO)Cc1ccc(-c2ccccc2)cc1)C(=O)OC(C)(C)C. The summed E-state index contributed by atoms with van der Waals surface area (Å²) in [4.78, 5) is 12.2. The van der Waals surface area contributed by atoms with Crippen LogP contribution in [0.2, 0.25) is 0 Å². The Bertz CT molecular complexity index is 684. The van der Waals surface area contributed by atoms with E-state index in [0.717, 1.165) is 6.42 Å². The molecule has 0 aliphatic rings. The van der Waals surface area contributed by atoms with Crippen molar-refractivity contribution in [3.05, 3.63) is 60.2 Å². The first kappa shape index (κ1) is 20.2. The molecule has 0 saturated heterocycles. The van der Waals surface area contributed by atoms with Crippen LogP contribution in [0, 0.1) is 11.8 Å². The van der Waals surface area contributed by atoms with Gasteiger partial charge < -0.3 is 9.84 Å². The third-order valence-electron chi connectivity index (χ3n) is 4.34. The van der Waals surface area contributed by atoms with Crippen LogP contribution in [-0.4, -0.2) is 23.3 Å². The van der Waals surface area contributed by atoms with Gasteiger partial charge in [0.25, 0.3) is 0 Å². The molecule has 0 amide bonds. The summed E-state index contributed by atoms with van der Waals surface area (Å²) in [5.41, 5.74) is 3.06. The molecule has 0 bridgehead atoms. The summed E-state index contributed by atoms with van der Waals surface area (Å²) in [6.45, 7) is 7.54. The highest BCUT2D eigenvalue weighted by Gasteiger charge is 2.24. The van der Waals surface area contributed by atoms with Crippen LogP contribution in [-0.2, 0) is 16.0 Å². The second-order valence-corrected chi connectivity index (χ2v) is 7.99. The number of aliphatic hydroxyl groups excluding tert-OH is 1. The molecule has 2 rings (SSSR count). The zero-order valence-electron chi connectivity index (χ0n) is 16.2. The minimum absolute atomic E-state index is 0.0418. The molecule has 3 nitrogen and oxygen atoms in total. The maximum Gasteiger partial charge on any atom is 0.309 e. The summed E-state index contributed by atoms with van der Waals surface area (Å²) in [5.74, 6) is -0.384. The lowest BCUT2D eigenvalue weighted by molar-refractivity contribution is -0.160. The number of hydrogen-bond acceptors (Lipinski definition) is 3. The Balaban J connectivity index is 1.96. The predicted octanol–water partition coefficient (Wildman–Crippen LogP) is 4.87. The van der Waals surface area contributed by atoms with Crippen LogP contribution in [0.3, 0.4) is 0 Å². The third kappa shape index (κ3) is 6.30. The fourth-order valence-electron chi connectivity index (χ4n) is 3.02. The van der Waals surface area contributed by atoms with Gasteiger partial charge in [0.05, 0.1) is 5.92 Å². The molecule has 1 N–H and O–H groups in total. The van der Waals surface area contributed by atoms with E-state index in [1.54, 1.807) is 0 Å². The number of hydrogen-bond donors (Lipinski definition) is 1. The molecule has 0 spiro atoms. The van der Waals surface area contributed by atoms with E-state index in [-0.39, 0.29) is 24.4 Å². The number of carbonyl (C=O) groups is 1. The lowest BCUT2D eigenvalue weighted by Crippen LogP contribution is -2.29. The molecule has 140 valence electrons. The van der Waals surface area contributed by atoms with Gasteiger partial charge in [-0.15, -0.1) is 0 Å². The Morgan fingerprint density at radius 2 is 1.58 bits per heavy atom. The van der Waals surface area contributed by atoms with Crippen LogP contribution < -0.4 is 0 Å². The zero-order valence-corrected chi connectivity index (χ0v) is 16.2. The molecule has 0 aromatic heterocycles. The van der Waals surface area contributed by atoms with Crippen molar-refractivity contribution >= 4 is 5.97 Å². The molecule has 0 radical (unpaired) electrons. The van der Waals surface area contributed by atoms with E-state index >= 15 is 0 Å². The molecule has 0 fully saturated rings. The number of rotatable bonds is 7. The molecular weight excluding hydrogens is 324 g/mol. The van der Waals surface area contributed by atoms with Gasteiger partial charge in [0, 0.05) is 6.61 Å². The monoisotopic (exact) mass is 354 g/mol. The van der Waals surface area contributed by atoms with Crippen molar-refractivity contribution < 1.29 is 14.6 Å². The van der Waals surface area contributed by atoms with Crippen molar-refractivity contribution in [2.75, 3.05) is 6.61 Å². The van der Waals surface area contributed by atoms with E-state index in [1.165, 1.54) is 16.7 Å². The molecule has 2 atom stereocenters. The fraction of sp³-hybridized carbons (Fsp3) is 0.435. The molecule has 2 aromatic carbocycles. The lowest BCUT2D eigenvalue weighted by Gasteiger charge is -2.24. The summed E-state index contributed by atoms with van der Waals surface area (Å²) in [7, 11) is 0. The Kier molecular flexibility index (Phi) is 6.98. The molecule has 0 unspecified atom stereocenters. The summed E-state index contributed by atoms with van der Waals surface area (Å²) in [6, 6.07) is 18.7. The second-order valence-electron chi connectivity index (χ2n) is 7.99. The molecule has 0 saturated carbocycles. The largest absolute Gasteiger partial charge is 0.460 e. The lowest BCUT2D eigenvalue weighted by atomic mass is 9.90. The van der Waals surface area contributed by atoms with Gasteiger partial charge in [0.15, 0.2) is 0 Å². The minimum atomic E-state index is -0.479. The van der Waals surface area contributed by atoms with Crippen LogP contribution in [0.4, 0.5) is 0 Å². The van der Waals surface area contributed by atoms with Gasteiger partial charge in [-0.25, -0.2) is 0 Å². The van der Waals surface area contributed by atoms with Crippen molar-refractivity contribution in [2.45, 2.75) is 46.1 Å². The van der Waals surface area contributed by atoms with Gasteiger partial charge in [-0.05, 0) is 56.2 Å². The van der Waals surface area contributed by atoms with E-state index in [9.17, 15) is 9.90 Å². The Morgan fingerprint density at radius 1 is 1.00 bits per heavy atom. The maximum atomic E-state index is 12.2. The van der Waals surface area contributed by atoms with E-state index in [4.69, 9.17) is 4.74 Å². The second kappa shape index (κ2) is 9.00. The highest BCUT2D eigenvalue weighted by Crippen LogP contribution is 2.23. The summed E-state index contributed by atoms with van der Waals surface area (Å²) in [6.07, 6.45) is 1.37. The fourth-order valence-corrected chi connectivity index (χ4v) is 3.02. The topological polar surface area (TPSA) is 46.5 Å². The van der Waals surface area contributed by atoms with Gasteiger partial charge in [0.1, 0.15) is 5.60 Å².